The molecular weight excluding hydrogens is 214 g/mol. The van der Waals surface area contributed by atoms with Gasteiger partial charge in [-0.05, 0) is 11.6 Å². The molecule has 0 aliphatic carbocycles. The maximum atomic E-state index is 5.91. The lowest BCUT2D eigenvalue weighted by Gasteiger charge is -2.25. The highest BCUT2D eigenvalue weighted by Gasteiger charge is 2.15. The van der Waals surface area contributed by atoms with Gasteiger partial charge in [-0.2, -0.15) is 0 Å². The van der Waals surface area contributed by atoms with Crippen molar-refractivity contribution in [1.29, 1.82) is 0 Å². The van der Waals surface area contributed by atoms with Gasteiger partial charge in [0.25, 0.3) is 0 Å². The van der Waals surface area contributed by atoms with Gasteiger partial charge in [0.05, 0.1) is 7.11 Å². The average Bonchev–Trinajstić information content (AvgIpc) is 2.29. The summed E-state index contributed by atoms with van der Waals surface area (Å²) >= 11 is 5.91. The van der Waals surface area contributed by atoms with Gasteiger partial charge in [-0.3, -0.25) is 0 Å². The fourth-order valence-corrected chi connectivity index (χ4v) is 1.90. The summed E-state index contributed by atoms with van der Waals surface area (Å²) in [6, 6.07) is 4.07. The topological polar surface area (TPSA) is 46.2 Å². The van der Waals surface area contributed by atoms with Crippen molar-refractivity contribution in [3.8, 4) is 5.88 Å². The molecule has 1 aromatic heterocycles. The Bertz CT molecular complexity index is 339. The minimum atomic E-state index is 0.285. The fourth-order valence-electron chi connectivity index (χ4n) is 1.69. The number of methoxy groups -OCH3 is 1. The summed E-state index contributed by atoms with van der Waals surface area (Å²) in [5.41, 5.74) is 1.11. The molecule has 0 saturated carbocycles. The molecule has 0 spiro atoms. The molecule has 0 bridgehead atoms. The van der Waals surface area contributed by atoms with Crippen LogP contribution in [0, 0.1) is 0 Å². The fraction of sp³-hybridized carbons (Fsp3) is 0.500. The SMILES string of the molecule is COc1cc(C2CNCCN2)cc(Cl)n1. The second-order valence-corrected chi connectivity index (χ2v) is 3.86. The Balaban J connectivity index is 2.22. The second kappa shape index (κ2) is 4.79. The molecule has 15 heavy (non-hydrogen) atoms. The summed E-state index contributed by atoms with van der Waals surface area (Å²) in [6.45, 7) is 2.88. The third kappa shape index (κ3) is 2.59. The summed E-state index contributed by atoms with van der Waals surface area (Å²) in [5.74, 6) is 0.560. The van der Waals surface area contributed by atoms with Crippen LogP contribution < -0.4 is 15.4 Å². The minimum Gasteiger partial charge on any atom is -0.481 e. The number of piperazine rings is 1. The van der Waals surface area contributed by atoms with Crippen molar-refractivity contribution in [2.75, 3.05) is 26.7 Å². The van der Waals surface area contributed by atoms with Crippen LogP contribution in [0.25, 0.3) is 0 Å². The molecule has 2 rings (SSSR count). The molecule has 1 unspecified atom stereocenters. The van der Waals surface area contributed by atoms with E-state index in [2.05, 4.69) is 15.6 Å². The molecule has 0 aromatic carbocycles. The van der Waals surface area contributed by atoms with Gasteiger partial charge >= 0.3 is 0 Å². The zero-order chi connectivity index (χ0) is 10.7. The van der Waals surface area contributed by atoms with Crippen LogP contribution in [0.1, 0.15) is 11.6 Å². The summed E-state index contributed by atoms with van der Waals surface area (Å²) < 4.78 is 5.08. The van der Waals surface area contributed by atoms with Gasteiger partial charge in [-0.25, -0.2) is 4.98 Å². The summed E-state index contributed by atoms with van der Waals surface area (Å²) in [6.07, 6.45) is 0. The number of halogens is 1. The molecule has 2 heterocycles. The first-order chi connectivity index (χ1) is 7.29. The quantitative estimate of drug-likeness (QED) is 0.740. The first-order valence-electron chi connectivity index (χ1n) is 4.95. The van der Waals surface area contributed by atoms with Crippen LogP contribution in [0.4, 0.5) is 0 Å². The van der Waals surface area contributed by atoms with Gasteiger partial charge in [-0.1, -0.05) is 11.6 Å². The third-order valence-electron chi connectivity index (χ3n) is 2.45. The molecule has 2 N–H and O–H groups in total. The maximum Gasteiger partial charge on any atom is 0.214 e. The van der Waals surface area contributed by atoms with E-state index in [1.807, 2.05) is 12.1 Å². The number of nitrogens with one attached hydrogen (secondary N) is 2. The molecule has 1 saturated heterocycles. The summed E-state index contributed by atoms with van der Waals surface area (Å²) in [5, 5.41) is 7.20. The molecule has 0 amide bonds. The zero-order valence-electron chi connectivity index (χ0n) is 8.59. The van der Waals surface area contributed by atoms with Crippen LogP contribution in [0.15, 0.2) is 12.1 Å². The van der Waals surface area contributed by atoms with Crippen LogP contribution in [0.2, 0.25) is 5.15 Å². The van der Waals surface area contributed by atoms with Crippen LogP contribution >= 0.6 is 11.6 Å². The average molecular weight is 228 g/mol. The van der Waals surface area contributed by atoms with E-state index in [0.717, 1.165) is 25.2 Å². The predicted molar refractivity (Wildman–Crippen MR) is 59.4 cm³/mol. The van der Waals surface area contributed by atoms with Crippen LogP contribution in [0.3, 0.4) is 0 Å². The molecule has 1 aliphatic heterocycles. The van der Waals surface area contributed by atoms with E-state index in [-0.39, 0.29) is 6.04 Å². The molecule has 0 radical (unpaired) electrons. The van der Waals surface area contributed by atoms with Gasteiger partial charge in [0.2, 0.25) is 5.88 Å². The first kappa shape index (κ1) is 10.7. The number of ether oxygens (including phenoxy) is 1. The predicted octanol–water partition coefficient (Wildman–Crippen LogP) is 0.977. The third-order valence-corrected chi connectivity index (χ3v) is 2.64. The number of aromatic nitrogens is 1. The summed E-state index contributed by atoms with van der Waals surface area (Å²) in [7, 11) is 1.59. The highest BCUT2D eigenvalue weighted by molar-refractivity contribution is 6.29. The van der Waals surface area contributed by atoms with Crippen LogP contribution in [-0.4, -0.2) is 31.7 Å². The lowest BCUT2D eigenvalue weighted by molar-refractivity contribution is 0.392. The van der Waals surface area contributed by atoms with Crippen LogP contribution in [-0.2, 0) is 0 Å². The standard InChI is InChI=1S/C10H14ClN3O/c1-15-10-5-7(4-9(11)14-10)8-6-12-2-3-13-8/h4-5,8,12-13H,2-3,6H2,1H3. The molecule has 1 aromatic rings. The molecule has 1 atom stereocenters. The first-order valence-corrected chi connectivity index (χ1v) is 5.33. The Morgan fingerprint density at radius 1 is 1.47 bits per heavy atom. The molecule has 1 fully saturated rings. The van der Waals surface area contributed by atoms with Crippen molar-refractivity contribution in [3.63, 3.8) is 0 Å². The van der Waals surface area contributed by atoms with E-state index in [0.29, 0.717) is 11.0 Å². The lowest BCUT2D eigenvalue weighted by Crippen LogP contribution is -2.42. The van der Waals surface area contributed by atoms with Gasteiger partial charge < -0.3 is 15.4 Å². The largest absolute Gasteiger partial charge is 0.481 e. The molecule has 4 nitrogen and oxygen atoms in total. The number of hydrogen-bond donors (Lipinski definition) is 2. The smallest absolute Gasteiger partial charge is 0.214 e. The molecule has 5 heteroatoms. The van der Waals surface area contributed by atoms with E-state index < -0.39 is 0 Å². The van der Waals surface area contributed by atoms with E-state index in [1.54, 1.807) is 7.11 Å². The van der Waals surface area contributed by atoms with Crippen molar-refractivity contribution in [2.45, 2.75) is 6.04 Å². The number of nitrogens with zero attached hydrogens (tertiary/aromatic N) is 1. The summed E-state index contributed by atoms with van der Waals surface area (Å²) in [4.78, 5) is 4.04. The highest BCUT2D eigenvalue weighted by atomic mass is 35.5. The van der Waals surface area contributed by atoms with Crippen molar-refractivity contribution in [3.05, 3.63) is 22.8 Å². The minimum absolute atomic E-state index is 0.285. The number of pyridine rings is 1. The van der Waals surface area contributed by atoms with Gasteiger partial charge in [0.15, 0.2) is 0 Å². The Labute approximate surface area is 94.0 Å². The van der Waals surface area contributed by atoms with E-state index >= 15 is 0 Å². The Hall–Kier alpha value is -0.840. The van der Waals surface area contributed by atoms with Crippen molar-refractivity contribution in [2.24, 2.45) is 0 Å². The van der Waals surface area contributed by atoms with Crippen LogP contribution in [0.5, 0.6) is 5.88 Å². The Morgan fingerprint density at radius 2 is 2.33 bits per heavy atom. The van der Waals surface area contributed by atoms with Crippen molar-refractivity contribution in [1.82, 2.24) is 15.6 Å². The number of rotatable bonds is 2. The Kier molecular flexibility index (Phi) is 3.41. The van der Waals surface area contributed by atoms with Crippen molar-refractivity contribution >= 4 is 11.6 Å². The van der Waals surface area contributed by atoms with Gasteiger partial charge in [0, 0.05) is 31.7 Å². The molecule has 1 aliphatic rings. The number of hydrogen-bond acceptors (Lipinski definition) is 4. The van der Waals surface area contributed by atoms with Gasteiger partial charge in [0.1, 0.15) is 5.15 Å². The normalized spacial score (nSPS) is 21.3. The highest BCUT2D eigenvalue weighted by Crippen LogP contribution is 2.21. The van der Waals surface area contributed by atoms with E-state index in [1.165, 1.54) is 0 Å². The zero-order valence-corrected chi connectivity index (χ0v) is 9.34. The van der Waals surface area contributed by atoms with Crippen molar-refractivity contribution < 1.29 is 4.74 Å². The molecular formula is C10H14ClN3O. The van der Waals surface area contributed by atoms with E-state index in [4.69, 9.17) is 16.3 Å². The monoisotopic (exact) mass is 227 g/mol. The van der Waals surface area contributed by atoms with E-state index in [9.17, 15) is 0 Å². The maximum absolute atomic E-state index is 5.91. The van der Waals surface area contributed by atoms with Gasteiger partial charge in [-0.15, -0.1) is 0 Å². The Morgan fingerprint density at radius 3 is 3.00 bits per heavy atom. The second-order valence-electron chi connectivity index (χ2n) is 3.48. The molecule has 82 valence electrons. The lowest BCUT2D eigenvalue weighted by atomic mass is 10.1.